The Morgan fingerprint density at radius 1 is 1.38 bits per heavy atom. The third-order valence-corrected chi connectivity index (χ3v) is 3.59. The maximum atomic E-state index is 4.76. The van der Waals surface area contributed by atoms with Crippen LogP contribution in [0.1, 0.15) is 61.6 Å². The van der Waals surface area contributed by atoms with Crippen molar-refractivity contribution in [2.24, 2.45) is 0 Å². The normalized spacial score (nSPS) is 24.2. The van der Waals surface area contributed by atoms with E-state index < -0.39 is 0 Å². The highest BCUT2D eigenvalue weighted by atomic mass is 15.0. The highest BCUT2D eigenvalue weighted by Gasteiger charge is 2.28. The van der Waals surface area contributed by atoms with E-state index in [1.807, 2.05) is 0 Å². The molecule has 86 valence electrons. The second kappa shape index (κ2) is 4.13. The van der Waals surface area contributed by atoms with Gasteiger partial charge in [-0.1, -0.05) is 6.92 Å². The fraction of sp³-hybridized carbons (Fsp3) is 0.692. The molecule has 2 aliphatic carbocycles. The molecule has 1 N–H and O–H groups in total. The van der Waals surface area contributed by atoms with E-state index in [1.165, 1.54) is 36.9 Å². The minimum atomic E-state index is 0.488. The predicted octanol–water partition coefficient (Wildman–Crippen LogP) is 2.34. The lowest BCUT2D eigenvalue weighted by Gasteiger charge is -2.25. The van der Waals surface area contributed by atoms with Crippen LogP contribution in [0.25, 0.3) is 0 Å². The molecule has 0 aliphatic heterocycles. The highest BCUT2D eigenvalue weighted by Crippen LogP contribution is 2.39. The fourth-order valence-corrected chi connectivity index (χ4v) is 2.56. The molecule has 2 aliphatic rings. The Labute approximate surface area is 96.7 Å². The van der Waals surface area contributed by atoms with Crippen molar-refractivity contribution in [1.82, 2.24) is 15.3 Å². The SMILES string of the molecule is CCNC1CCCc2nc(C3CC3)ncc21. The summed E-state index contributed by atoms with van der Waals surface area (Å²) in [5.74, 6) is 1.76. The van der Waals surface area contributed by atoms with Crippen LogP contribution in [-0.2, 0) is 6.42 Å². The zero-order chi connectivity index (χ0) is 11.0. The molecule has 1 atom stereocenters. The number of hydrogen-bond acceptors (Lipinski definition) is 3. The predicted molar refractivity (Wildman–Crippen MR) is 63.4 cm³/mol. The quantitative estimate of drug-likeness (QED) is 0.844. The maximum absolute atomic E-state index is 4.76. The van der Waals surface area contributed by atoms with Gasteiger partial charge in [-0.05, 0) is 38.6 Å². The zero-order valence-electron chi connectivity index (χ0n) is 9.87. The van der Waals surface area contributed by atoms with Crippen LogP contribution in [0.15, 0.2) is 6.20 Å². The van der Waals surface area contributed by atoms with E-state index >= 15 is 0 Å². The minimum absolute atomic E-state index is 0.488. The fourth-order valence-electron chi connectivity index (χ4n) is 2.56. The molecule has 1 saturated carbocycles. The number of rotatable bonds is 3. The number of fused-ring (bicyclic) bond motifs is 1. The monoisotopic (exact) mass is 217 g/mol. The molecule has 0 saturated heterocycles. The molecular weight excluding hydrogens is 198 g/mol. The molecule has 1 fully saturated rings. The topological polar surface area (TPSA) is 37.8 Å². The first-order valence-corrected chi connectivity index (χ1v) is 6.47. The zero-order valence-corrected chi connectivity index (χ0v) is 9.87. The molecule has 3 heteroatoms. The summed E-state index contributed by atoms with van der Waals surface area (Å²) < 4.78 is 0. The summed E-state index contributed by atoms with van der Waals surface area (Å²) in [7, 11) is 0. The number of aryl methyl sites for hydroxylation is 1. The van der Waals surface area contributed by atoms with Crippen molar-refractivity contribution in [2.75, 3.05) is 6.54 Å². The van der Waals surface area contributed by atoms with Crippen molar-refractivity contribution in [1.29, 1.82) is 0 Å². The van der Waals surface area contributed by atoms with E-state index in [1.54, 1.807) is 0 Å². The van der Waals surface area contributed by atoms with E-state index in [9.17, 15) is 0 Å². The average Bonchev–Trinajstić information content (AvgIpc) is 3.13. The maximum Gasteiger partial charge on any atom is 0.131 e. The van der Waals surface area contributed by atoms with E-state index in [2.05, 4.69) is 23.4 Å². The van der Waals surface area contributed by atoms with Gasteiger partial charge in [-0.2, -0.15) is 0 Å². The van der Waals surface area contributed by atoms with Gasteiger partial charge in [-0.25, -0.2) is 9.97 Å². The van der Waals surface area contributed by atoms with E-state index in [4.69, 9.17) is 4.98 Å². The molecule has 1 heterocycles. The molecule has 1 unspecified atom stereocenters. The summed E-state index contributed by atoms with van der Waals surface area (Å²) in [6.07, 6.45) is 8.27. The largest absolute Gasteiger partial charge is 0.310 e. The van der Waals surface area contributed by atoms with Crippen LogP contribution < -0.4 is 5.32 Å². The van der Waals surface area contributed by atoms with Crippen LogP contribution in [0.5, 0.6) is 0 Å². The molecule has 1 aromatic rings. The van der Waals surface area contributed by atoms with Crippen molar-refractivity contribution in [2.45, 2.75) is 51.0 Å². The van der Waals surface area contributed by atoms with Crippen LogP contribution in [0.2, 0.25) is 0 Å². The molecule has 3 rings (SSSR count). The van der Waals surface area contributed by atoms with Gasteiger partial charge in [-0.15, -0.1) is 0 Å². The molecule has 16 heavy (non-hydrogen) atoms. The first-order valence-electron chi connectivity index (χ1n) is 6.47. The third-order valence-electron chi connectivity index (χ3n) is 3.59. The third kappa shape index (κ3) is 1.84. The Morgan fingerprint density at radius 2 is 2.25 bits per heavy atom. The van der Waals surface area contributed by atoms with Crippen LogP contribution in [0.4, 0.5) is 0 Å². The van der Waals surface area contributed by atoms with Gasteiger partial charge in [0.2, 0.25) is 0 Å². The van der Waals surface area contributed by atoms with Crippen LogP contribution in [-0.4, -0.2) is 16.5 Å². The first-order chi connectivity index (χ1) is 7.88. The van der Waals surface area contributed by atoms with Gasteiger partial charge in [-0.3, -0.25) is 0 Å². The lowest BCUT2D eigenvalue weighted by Crippen LogP contribution is -2.26. The van der Waals surface area contributed by atoms with Gasteiger partial charge < -0.3 is 5.32 Å². The Bertz CT molecular complexity index is 385. The summed E-state index contributed by atoms with van der Waals surface area (Å²) in [5, 5.41) is 3.52. The van der Waals surface area contributed by atoms with Crippen LogP contribution >= 0.6 is 0 Å². The van der Waals surface area contributed by atoms with Crippen molar-refractivity contribution in [3.8, 4) is 0 Å². The first kappa shape index (κ1) is 10.2. The molecule has 0 bridgehead atoms. The number of nitrogens with zero attached hydrogens (tertiary/aromatic N) is 2. The number of nitrogens with one attached hydrogen (secondary N) is 1. The van der Waals surface area contributed by atoms with E-state index in [0.717, 1.165) is 18.8 Å². The average molecular weight is 217 g/mol. The van der Waals surface area contributed by atoms with Gasteiger partial charge >= 0.3 is 0 Å². The Morgan fingerprint density at radius 3 is 3.00 bits per heavy atom. The summed E-state index contributed by atoms with van der Waals surface area (Å²) in [4.78, 5) is 9.29. The Balaban J connectivity index is 1.89. The van der Waals surface area contributed by atoms with Crippen LogP contribution in [0, 0.1) is 0 Å². The van der Waals surface area contributed by atoms with E-state index in [0.29, 0.717) is 12.0 Å². The molecule has 1 aromatic heterocycles. The lowest BCUT2D eigenvalue weighted by molar-refractivity contribution is 0.462. The second-order valence-corrected chi connectivity index (χ2v) is 4.91. The molecule has 0 spiro atoms. The van der Waals surface area contributed by atoms with Crippen LogP contribution in [0.3, 0.4) is 0 Å². The molecular formula is C13H19N3. The summed E-state index contributed by atoms with van der Waals surface area (Å²) in [6.45, 7) is 3.18. The minimum Gasteiger partial charge on any atom is -0.310 e. The highest BCUT2D eigenvalue weighted by molar-refractivity contribution is 5.26. The molecule has 0 amide bonds. The van der Waals surface area contributed by atoms with Gasteiger partial charge in [0.1, 0.15) is 5.82 Å². The Kier molecular flexibility index (Phi) is 2.64. The lowest BCUT2D eigenvalue weighted by atomic mass is 9.92. The number of hydrogen-bond donors (Lipinski definition) is 1. The van der Waals surface area contributed by atoms with Gasteiger partial charge in [0.25, 0.3) is 0 Å². The second-order valence-electron chi connectivity index (χ2n) is 4.91. The van der Waals surface area contributed by atoms with Crippen molar-refractivity contribution < 1.29 is 0 Å². The molecule has 0 radical (unpaired) electrons. The van der Waals surface area contributed by atoms with Gasteiger partial charge in [0.15, 0.2) is 0 Å². The summed E-state index contributed by atoms with van der Waals surface area (Å²) in [5.41, 5.74) is 2.65. The standard InChI is InChI=1S/C13H19N3/c1-2-14-11-4-3-5-12-10(11)8-15-13(16-12)9-6-7-9/h8-9,11,14H,2-7H2,1H3. The Hall–Kier alpha value is -0.960. The smallest absolute Gasteiger partial charge is 0.131 e. The van der Waals surface area contributed by atoms with E-state index in [-0.39, 0.29) is 0 Å². The van der Waals surface area contributed by atoms with Gasteiger partial charge in [0, 0.05) is 29.4 Å². The molecule has 0 aromatic carbocycles. The van der Waals surface area contributed by atoms with Gasteiger partial charge in [0.05, 0.1) is 0 Å². The number of aromatic nitrogens is 2. The summed E-state index contributed by atoms with van der Waals surface area (Å²) >= 11 is 0. The van der Waals surface area contributed by atoms with Crippen molar-refractivity contribution in [3.05, 3.63) is 23.3 Å². The van der Waals surface area contributed by atoms with Crippen molar-refractivity contribution in [3.63, 3.8) is 0 Å². The van der Waals surface area contributed by atoms with Crippen molar-refractivity contribution >= 4 is 0 Å². The summed E-state index contributed by atoms with van der Waals surface area (Å²) in [6, 6.07) is 0.488. The molecule has 3 nitrogen and oxygen atoms in total.